The average molecular weight is 235 g/mol. The maximum atomic E-state index is 9.74. The largest absolute Gasteiger partial charge is 0.508 e. The smallest absolute Gasteiger partial charge is 0.119 e. The molecule has 17 heavy (non-hydrogen) atoms. The summed E-state index contributed by atoms with van der Waals surface area (Å²) in [4.78, 5) is 0. The fourth-order valence-electron chi connectivity index (χ4n) is 2.54. The van der Waals surface area contributed by atoms with Crippen LogP contribution in [0.25, 0.3) is 0 Å². The molecule has 1 aliphatic rings. The summed E-state index contributed by atoms with van der Waals surface area (Å²) in [7, 11) is 0. The Labute approximate surface area is 102 Å². The zero-order chi connectivity index (χ0) is 12.1. The number of aliphatic hydroxyl groups excluding tert-OH is 1. The molecule has 0 amide bonds. The maximum absolute atomic E-state index is 9.74. The van der Waals surface area contributed by atoms with Crippen LogP contribution >= 0.6 is 0 Å². The molecule has 1 aliphatic carbocycles. The Kier molecular flexibility index (Phi) is 4.40. The van der Waals surface area contributed by atoms with Crippen molar-refractivity contribution in [3.8, 4) is 5.75 Å². The predicted molar refractivity (Wildman–Crippen MR) is 68.1 cm³/mol. The highest BCUT2D eigenvalue weighted by atomic mass is 16.3. The molecule has 3 heteroatoms. The van der Waals surface area contributed by atoms with Gasteiger partial charge in [-0.2, -0.15) is 0 Å². The summed E-state index contributed by atoms with van der Waals surface area (Å²) >= 11 is 0. The van der Waals surface area contributed by atoms with E-state index in [-0.39, 0.29) is 0 Å². The molecule has 0 saturated heterocycles. The summed E-state index contributed by atoms with van der Waals surface area (Å²) in [6, 6.07) is 6.18. The first kappa shape index (κ1) is 12.4. The van der Waals surface area contributed by atoms with Crippen LogP contribution in [0, 0.1) is 0 Å². The van der Waals surface area contributed by atoms with Crippen LogP contribution in [0.3, 0.4) is 0 Å². The molecular formula is C14H21NO2. The van der Waals surface area contributed by atoms with Crippen LogP contribution in [-0.2, 0) is 6.42 Å². The highest BCUT2D eigenvalue weighted by Gasteiger charge is 2.23. The quantitative estimate of drug-likeness (QED) is 0.662. The Morgan fingerprint density at radius 2 is 2.12 bits per heavy atom. The second-order valence-corrected chi connectivity index (χ2v) is 4.67. The molecule has 0 radical (unpaired) electrons. The minimum Gasteiger partial charge on any atom is -0.508 e. The zero-order valence-electron chi connectivity index (χ0n) is 10.2. The summed E-state index contributed by atoms with van der Waals surface area (Å²) in [6.45, 7) is 1.28. The van der Waals surface area contributed by atoms with Crippen molar-refractivity contribution < 1.29 is 10.2 Å². The molecule has 0 aromatic heterocycles. The van der Waals surface area contributed by atoms with Crippen molar-refractivity contribution in [3.63, 3.8) is 0 Å². The van der Waals surface area contributed by atoms with E-state index in [4.69, 9.17) is 5.11 Å². The SMILES string of the molecule is OCCCCCNC1CCc2c(O)cccc21. The van der Waals surface area contributed by atoms with E-state index in [9.17, 15) is 5.11 Å². The highest BCUT2D eigenvalue weighted by molar-refractivity contribution is 5.44. The fraction of sp³-hybridized carbons (Fsp3) is 0.571. The number of nitrogens with one attached hydrogen (secondary N) is 1. The highest BCUT2D eigenvalue weighted by Crippen LogP contribution is 2.36. The zero-order valence-corrected chi connectivity index (χ0v) is 10.2. The van der Waals surface area contributed by atoms with Gasteiger partial charge >= 0.3 is 0 Å². The second kappa shape index (κ2) is 6.03. The van der Waals surface area contributed by atoms with Crippen molar-refractivity contribution in [2.75, 3.05) is 13.2 Å². The lowest BCUT2D eigenvalue weighted by Crippen LogP contribution is -2.20. The number of hydrogen-bond acceptors (Lipinski definition) is 3. The lowest BCUT2D eigenvalue weighted by Gasteiger charge is -2.14. The number of phenolic OH excluding ortho intramolecular Hbond substituents is 1. The van der Waals surface area contributed by atoms with E-state index >= 15 is 0 Å². The minimum atomic E-state index is 0.292. The molecule has 2 rings (SSSR count). The monoisotopic (exact) mass is 235 g/mol. The second-order valence-electron chi connectivity index (χ2n) is 4.67. The van der Waals surface area contributed by atoms with Crippen LogP contribution in [0.4, 0.5) is 0 Å². The molecule has 3 N–H and O–H groups in total. The van der Waals surface area contributed by atoms with Gasteiger partial charge in [0.2, 0.25) is 0 Å². The standard InChI is InChI=1S/C14H21NO2/c16-10-3-1-2-9-15-13-8-7-12-11(13)5-4-6-14(12)17/h4-6,13,15-17H,1-3,7-10H2. The summed E-state index contributed by atoms with van der Waals surface area (Å²) in [5.41, 5.74) is 2.37. The number of aromatic hydroxyl groups is 1. The van der Waals surface area contributed by atoms with Crippen molar-refractivity contribution >= 4 is 0 Å². The van der Waals surface area contributed by atoms with Gasteiger partial charge in [0, 0.05) is 12.6 Å². The van der Waals surface area contributed by atoms with Crippen LogP contribution < -0.4 is 5.32 Å². The Balaban J connectivity index is 1.83. The van der Waals surface area contributed by atoms with Crippen molar-refractivity contribution in [2.24, 2.45) is 0 Å². The molecule has 1 aromatic rings. The van der Waals surface area contributed by atoms with E-state index < -0.39 is 0 Å². The van der Waals surface area contributed by atoms with Gasteiger partial charge in [0.15, 0.2) is 0 Å². The lowest BCUT2D eigenvalue weighted by atomic mass is 10.1. The molecule has 94 valence electrons. The first-order chi connectivity index (χ1) is 8.33. The van der Waals surface area contributed by atoms with E-state index in [0.29, 0.717) is 18.4 Å². The minimum absolute atomic E-state index is 0.292. The molecule has 1 atom stereocenters. The van der Waals surface area contributed by atoms with Crippen LogP contribution in [0.1, 0.15) is 42.9 Å². The molecular weight excluding hydrogens is 214 g/mol. The average Bonchev–Trinajstić information content (AvgIpc) is 2.74. The Morgan fingerprint density at radius 1 is 1.24 bits per heavy atom. The third-order valence-corrected chi connectivity index (χ3v) is 3.47. The summed E-state index contributed by atoms with van der Waals surface area (Å²) < 4.78 is 0. The van der Waals surface area contributed by atoms with Gasteiger partial charge in [0.05, 0.1) is 0 Å². The Morgan fingerprint density at radius 3 is 2.94 bits per heavy atom. The van der Waals surface area contributed by atoms with Crippen molar-refractivity contribution in [3.05, 3.63) is 29.3 Å². The van der Waals surface area contributed by atoms with Gasteiger partial charge in [0.1, 0.15) is 5.75 Å². The number of hydrogen-bond donors (Lipinski definition) is 3. The van der Waals surface area contributed by atoms with Crippen molar-refractivity contribution in [1.82, 2.24) is 5.32 Å². The van der Waals surface area contributed by atoms with Gasteiger partial charge in [-0.05, 0) is 55.8 Å². The van der Waals surface area contributed by atoms with Gasteiger partial charge < -0.3 is 15.5 Å². The van der Waals surface area contributed by atoms with E-state index in [1.165, 1.54) is 5.56 Å². The van der Waals surface area contributed by atoms with Gasteiger partial charge in [-0.3, -0.25) is 0 Å². The third-order valence-electron chi connectivity index (χ3n) is 3.47. The van der Waals surface area contributed by atoms with E-state index in [1.54, 1.807) is 6.07 Å². The van der Waals surface area contributed by atoms with Gasteiger partial charge in [-0.1, -0.05) is 12.1 Å². The Hall–Kier alpha value is -1.06. The van der Waals surface area contributed by atoms with E-state index in [0.717, 1.165) is 44.2 Å². The molecule has 0 fully saturated rings. The number of fused-ring (bicyclic) bond motifs is 1. The van der Waals surface area contributed by atoms with Gasteiger partial charge in [-0.15, -0.1) is 0 Å². The number of benzene rings is 1. The molecule has 0 aliphatic heterocycles. The van der Waals surface area contributed by atoms with Crippen LogP contribution in [-0.4, -0.2) is 23.4 Å². The van der Waals surface area contributed by atoms with Gasteiger partial charge in [0.25, 0.3) is 0 Å². The Bertz CT molecular complexity index is 365. The summed E-state index contributed by atoms with van der Waals surface area (Å²) in [5, 5.41) is 22.0. The molecule has 1 unspecified atom stereocenters. The van der Waals surface area contributed by atoms with Crippen LogP contribution in [0.5, 0.6) is 5.75 Å². The molecule has 0 heterocycles. The third kappa shape index (κ3) is 2.99. The molecule has 0 spiro atoms. The number of unbranched alkanes of at least 4 members (excludes halogenated alkanes) is 2. The lowest BCUT2D eigenvalue weighted by molar-refractivity contribution is 0.282. The maximum Gasteiger partial charge on any atom is 0.119 e. The normalized spacial score (nSPS) is 18.3. The van der Waals surface area contributed by atoms with Crippen LogP contribution in [0.2, 0.25) is 0 Å². The van der Waals surface area contributed by atoms with Crippen LogP contribution in [0.15, 0.2) is 18.2 Å². The van der Waals surface area contributed by atoms with Crippen molar-refractivity contribution in [2.45, 2.75) is 38.1 Å². The number of rotatable bonds is 6. The topological polar surface area (TPSA) is 52.5 Å². The van der Waals surface area contributed by atoms with E-state index in [2.05, 4.69) is 11.4 Å². The van der Waals surface area contributed by atoms with Crippen molar-refractivity contribution in [1.29, 1.82) is 0 Å². The molecule has 1 aromatic carbocycles. The molecule has 0 saturated carbocycles. The number of phenols is 1. The van der Waals surface area contributed by atoms with Gasteiger partial charge in [-0.25, -0.2) is 0 Å². The predicted octanol–water partition coefficient (Wildman–Crippen LogP) is 2.13. The molecule has 3 nitrogen and oxygen atoms in total. The van der Waals surface area contributed by atoms with E-state index in [1.807, 2.05) is 6.07 Å². The summed E-state index contributed by atoms with van der Waals surface area (Å²) in [5.74, 6) is 0.437. The number of aliphatic hydroxyl groups is 1. The molecule has 0 bridgehead atoms. The summed E-state index contributed by atoms with van der Waals surface area (Å²) in [6.07, 6.45) is 5.11. The fourth-order valence-corrected chi connectivity index (χ4v) is 2.54. The first-order valence-electron chi connectivity index (χ1n) is 6.48. The first-order valence-corrected chi connectivity index (χ1v) is 6.48.